The highest BCUT2D eigenvalue weighted by atomic mass is 35.5. The van der Waals surface area contributed by atoms with Crippen molar-refractivity contribution in [1.29, 1.82) is 0 Å². The summed E-state index contributed by atoms with van der Waals surface area (Å²) in [6.45, 7) is 8.07. The lowest BCUT2D eigenvalue weighted by Gasteiger charge is -2.20. The summed E-state index contributed by atoms with van der Waals surface area (Å²) in [5.41, 5.74) is 2.30. The van der Waals surface area contributed by atoms with Crippen molar-refractivity contribution in [3.8, 4) is 0 Å². The first-order chi connectivity index (χ1) is 10.2. The third kappa shape index (κ3) is 4.05. The van der Waals surface area contributed by atoms with Crippen molar-refractivity contribution in [1.82, 2.24) is 20.1 Å². The van der Waals surface area contributed by atoms with E-state index in [-0.39, 0.29) is 6.04 Å². The molecule has 4 nitrogen and oxygen atoms in total. The van der Waals surface area contributed by atoms with E-state index in [2.05, 4.69) is 48.3 Å². The van der Waals surface area contributed by atoms with Gasteiger partial charge < -0.3 is 5.32 Å². The summed E-state index contributed by atoms with van der Waals surface area (Å²) in [6.07, 6.45) is 3.49. The van der Waals surface area contributed by atoms with Crippen LogP contribution >= 0.6 is 11.6 Å². The molecule has 2 aromatic rings. The smallest absolute Gasteiger partial charge is 0.138 e. The first-order valence-corrected chi connectivity index (χ1v) is 7.89. The van der Waals surface area contributed by atoms with Crippen LogP contribution in [0.4, 0.5) is 0 Å². The van der Waals surface area contributed by atoms with Gasteiger partial charge >= 0.3 is 0 Å². The lowest BCUT2D eigenvalue weighted by atomic mass is 10.0. The molecule has 1 unspecified atom stereocenters. The summed E-state index contributed by atoms with van der Waals surface area (Å²) in [5.74, 6) is 0.989. The van der Waals surface area contributed by atoms with Gasteiger partial charge in [0.15, 0.2) is 0 Å². The first-order valence-electron chi connectivity index (χ1n) is 7.51. The van der Waals surface area contributed by atoms with Gasteiger partial charge in [-0.05, 0) is 44.0 Å². The maximum Gasteiger partial charge on any atom is 0.138 e. The molecule has 114 valence electrons. The van der Waals surface area contributed by atoms with Crippen LogP contribution in [0.2, 0.25) is 5.02 Å². The summed E-state index contributed by atoms with van der Waals surface area (Å²) in [4.78, 5) is 4.38. The second-order valence-electron chi connectivity index (χ2n) is 5.23. The Morgan fingerprint density at radius 2 is 2.14 bits per heavy atom. The van der Waals surface area contributed by atoms with Crippen LogP contribution in [-0.4, -0.2) is 21.3 Å². The van der Waals surface area contributed by atoms with Gasteiger partial charge in [0.2, 0.25) is 0 Å². The number of aromatic nitrogens is 3. The van der Waals surface area contributed by atoms with Gasteiger partial charge in [-0.2, -0.15) is 5.10 Å². The van der Waals surface area contributed by atoms with Crippen molar-refractivity contribution in [2.24, 2.45) is 0 Å². The molecule has 21 heavy (non-hydrogen) atoms. The third-order valence-corrected chi connectivity index (χ3v) is 3.88. The van der Waals surface area contributed by atoms with Gasteiger partial charge in [0.25, 0.3) is 0 Å². The molecule has 0 aliphatic heterocycles. The number of rotatable bonds is 7. The van der Waals surface area contributed by atoms with Crippen LogP contribution in [0.15, 0.2) is 24.5 Å². The number of nitrogens with zero attached hydrogens (tertiary/aromatic N) is 3. The topological polar surface area (TPSA) is 42.7 Å². The van der Waals surface area contributed by atoms with Crippen molar-refractivity contribution in [2.45, 2.75) is 46.2 Å². The van der Waals surface area contributed by atoms with Gasteiger partial charge in [-0.3, -0.25) is 4.68 Å². The highest BCUT2D eigenvalue weighted by Crippen LogP contribution is 2.26. The van der Waals surface area contributed by atoms with Crippen LogP contribution in [-0.2, 0) is 13.0 Å². The molecule has 0 aliphatic rings. The normalized spacial score (nSPS) is 12.6. The van der Waals surface area contributed by atoms with E-state index in [1.54, 1.807) is 6.33 Å². The molecule has 1 aromatic heterocycles. The average molecular weight is 307 g/mol. The Hall–Kier alpha value is -1.39. The number of hydrogen-bond acceptors (Lipinski definition) is 3. The van der Waals surface area contributed by atoms with E-state index in [1.807, 2.05) is 10.7 Å². The lowest BCUT2D eigenvalue weighted by molar-refractivity contribution is 0.497. The molecule has 0 bridgehead atoms. The van der Waals surface area contributed by atoms with E-state index < -0.39 is 0 Å². The molecule has 5 heteroatoms. The Labute approximate surface area is 131 Å². The molecule has 1 N–H and O–H groups in total. The number of nitrogens with one attached hydrogen (secondary N) is 1. The standard InChI is InChI=1S/C16H23ClN4/c1-4-8-18-15(10-16-19-11-20-21(16)5-2)13-7-6-12(3)9-14(13)17/h6-7,9,11,15,18H,4-5,8,10H2,1-3H3. The second-order valence-corrected chi connectivity index (χ2v) is 5.64. The molecule has 1 atom stereocenters. The van der Waals surface area contributed by atoms with Crippen LogP contribution in [0.5, 0.6) is 0 Å². The van der Waals surface area contributed by atoms with Crippen LogP contribution in [0.3, 0.4) is 0 Å². The largest absolute Gasteiger partial charge is 0.310 e. The summed E-state index contributed by atoms with van der Waals surface area (Å²) in [5, 5.41) is 8.62. The maximum absolute atomic E-state index is 6.43. The summed E-state index contributed by atoms with van der Waals surface area (Å²) < 4.78 is 1.93. The van der Waals surface area contributed by atoms with Crippen LogP contribution < -0.4 is 5.32 Å². The molecular weight excluding hydrogens is 284 g/mol. The van der Waals surface area contributed by atoms with Crippen molar-refractivity contribution in [3.05, 3.63) is 46.5 Å². The van der Waals surface area contributed by atoms with E-state index in [9.17, 15) is 0 Å². The molecule has 0 aliphatic carbocycles. The van der Waals surface area contributed by atoms with Crippen molar-refractivity contribution >= 4 is 11.6 Å². The maximum atomic E-state index is 6.43. The Kier molecular flexibility index (Phi) is 5.76. The van der Waals surface area contributed by atoms with Crippen LogP contribution in [0, 0.1) is 6.92 Å². The van der Waals surface area contributed by atoms with Gasteiger partial charge in [0.1, 0.15) is 12.2 Å². The van der Waals surface area contributed by atoms with Gasteiger partial charge in [-0.1, -0.05) is 30.7 Å². The number of benzene rings is 1. The van der Waals surface area contributed by atoms with Gasteiger partial charge in [-0.15, -0.1) is 0 Å². The fourth-order valence-corrected chi connectivity index (χ4v) is 2.79. The Morgan fingerprint density at radius 3 is 2.81 bits per heavy atom. The average Bonchev–Trinajstić information content (AvgIpc) is 2.91. The van der Waals surface area contributed by atoms with Crippen LogP contribution in [0.1, 0.15) is 43.3 Å². The highest BCUT2D eigenvalue weighted by molar-refractivity contribution is 6.31. The molecule has 1 heterocycles. The summed E-state index contributed by atoms with van der Waals surface area (Å²) in [6, 6.07) is 6.39. The number of halogens is 1. The third-order valence-electron chi connectivity index (χ3n) is 3.55. The molecule has 0 saturated heterocycles. The van der Waals surface area contributed by atoms with E-state index in [4.69, 9.17) is 11.6 Å². The van der Waals surface area contributed by atoms with Crippen molar-refractivity contribution < 1.29 is 0 Å². The Morgan fingerprint density at radius 1 is 1.33 bits per heavy atom. The SMILES string of the molecule is CCCNC(Cc1ncnn1CC)c1ccc(C)cc1Cl. The minimum Gasteiger partial charge on any atom is -0.310 e. The zero-order valence-electron chi connectivity index (χ0n) is 12.9. The zero-order valence-corrected chi connectivity index (χ0v) is 13.7. The van der Waals surface area contributed by atoms with Gasteiger partial charge in [-0.25, -0.2) is 4.98 Å². The molecule has 0 fully saturated rings. The highest BCUT2D eigenvalue weighted by Gasteiger charge is 2.17. The molecule has 2 rings (SSSR count). The predicted octanol–water partition coefficient (Wildman–Crippen LogP) is 3.54. The molecular formula is C16H23ClN4. The minimum absolute atomic E-state index is 0.160. The quantitative estimate of drug-likeness (QED) is 0.851. The predicted molar refractivity (Wildman–Crippen MR) is 86.6 cm³/mol. The molecule has 0 saturated carbocycles. The number of hydrogen-bond donors (Lipinski definition) is 1. The second kappa shape index (κ2) is 7.57. The van der Waals surface area contributed by atoms with Crippen molar-refractivity contribution in [2.75, 3.05) is 6.54 Å². The monoisotopic (exact) mass is 306 g/mol. The first kappa shape index (κ1) is 16.0. The van der Waals surface area contributed by atoms with Crippen molar-refractivity contribution in [3.63, 3.8) is 0 Å². The zero-order chi connectivity index (χ0) is 15.2. The summed E-state index contributed by atoms with van der Waals surface area (Å²) >= 11 is 6.43. The van der Waals surface area contributed by atoms with E-state index >= 15 is 0 Å². The van der Waals surface area contributed by atoms with Crippen LogP contribution in [0.25, 0.3) is 0 Å². The Bertz CT molecular complexity index is 579. The lowest BCUT2D eigenvalue weighted by Crippen LogP contribution is -2.25. The molecule has 0 radical (unpaired) electrons. The Balaban J connectivity index is 2.25. The molecule has 1 aromatic carbocycles. The fraction of sp³-hybridized carbons (Fsp3) is 0.500. The van der Waals surface area contributed by atoms with E-state index in [0.717, 1.165) is 42.3 Å². The van der Waals surface area contributed by atoms with E-state index in [1.165, 1.54) is 5.56 Å². The summed E-state index contributed by atoms with van der Waals surface area (Å²) in [7, 11) is 0. The number of aryl methyl sites for hydroxylation is 2. The molecule has 0 amide bonds. The molecule has 0 spiro atoms. The van der Waals surface area contributed by atoms with Gasteiger partial charge in [0, 0.05) is 24.0 Å². The van der Waals surface area contributed by atoms with E-state index in [0.29, 0.717) is 0 Å². The fourth-order valence-electron chi connectivity index (χ4n) is 2.42. The minimum atomic E-state index is 0.160. The van der Waals surface area contributed by atoms with Gasteiger partial charge in [0.05, 0.1) is 0 Å².